The van der Waals surface area contributed by atoms with Crippen LogP contribution in [-0.2, 0) is 11.0 Å². The van der Waals surface area contributed by atoms with Crippen molar-refractivity contribution in [2.24, 2.45) is 5.73 Å². The van der Waals surface area contributed by atoms with Crippen LogP contribution in [0.2, 0.25) is 0 Å². The van der Waals surface area contributed by atoms with Crippen LogP contribution in [0.1, 0.15) is 19.5 Å². The number of primary amides is 1. The Morgan fingerprint density at radius 2 is 1.89 bits per heavy atom. The molecule has 1 heterocycles. The third-order valence-corrected chi connectivity index (χ3v) is 2.09. The molecular formula is C9H12F3N5O. The standard InChI is InChI=1S/C9H12F3N5O/c1-8(2,6(13)18)17-5-3-4(9(10,11)12)15-7(14)16-5/h3H,1-2H3,(H2,13,18)(H3,14,15,16,17). The molecule has 1 rings (SSSR count). The van der Waals surface area contributed by atoms with E-state index in [4.69, 9.17) is 11.5 Å². The van der Waals surface area contributed by atoms with Crippen LogP contribution in [0, 0.1) is 0 Å². The SMILES string of the molecule is CC(C)(Nc1cc(C(F)(F)F)nc(N)n1)C(N)=O. The molecule has 1 amide bonds. The van der Waals surface area contributed by atoms with E-state index >= 15 is 0 Å². The van der Waals surface area contributed by atoms with Gasteiger partial charge in [0.1, 0.15) is 11.4 Å². The summed E-state index contributed by atoms with van der Waals surface area (Å²) in [5, 5.41) is 2.47. The highest BCUT2D eigenvalue weighted by Crippen LogP contribution is 2.29. The monoisotopic (exact) mass is 263 g/mol. The smallest absolute Gasteiger partial charge is 0.368 e. The van der Waals surface area contributed by atoms with Gasteiger partial charge in [-0.15, -0.1) is 0 Å². The molecule has 0 saturated heterocycles. The summed E-state index contributed by atoms with van der Waals surface area (Å²) >= 11 is 0. The largest absolute Gasteiger partial charge is 0.433 e. The molecule has 0 unspecified atom stereocenters. The second-order valence-electron chi connectivity index (χ2n) is 4.11. The van der Waals surface area contributed by atoms with Gasteiger partial charge in [0.15, 0.2) is 5.69 Å². The number of halogens is 3. The molecule has 100 valence electrons. The van der Waals surface area contributed by atoms with E-state index in [1.165, 1.54) is 13.8 Å². The second-order valence-corrected chi connectivity index (χ2v) is 4.11. The third-order valence-electron chi connectivity index (χ3n) is 2.09. The Morgan fingerprint density at radius 3 is 2.33 bits per heavy atom. The van der Waals surface area contributed by atoms with Gasteiger partial charge in [-0.25, -0.2) is 4.98 Å². The number of nitrogen functional groups attached to an aromatic ring is 1. The van der Waals surface area contributed by atoms with Gasteiger partial charge in [0.25, 0.3) is 0 Å². The third kappa shape index (κ3) is 3.22. The minimum atomic E-state index is -4.65. The van der Waals surface area contributed by atoms with Crippen LogP contribution in [0.4, 0.5) is 24.9 Å². The molecule has 0 aliphatic rings. The fourth-order valence-corrected chi connectivity index (χ4v) is 1.06. The highest BCUT2D eigenvalue weighted by atomic mass is 19.4. The molecule has 0 spiro atoms. The van der Waals surface area contributed by atoms with E-state index in [9.17, 15) is 18.0 Å². The fourth-order valence-electron chi connectivity index (χ4n) is 1.06. The molecule has 0 saturated carbocycles. The number of rotatable bonds is 3. The Labute approximate surface area is 101 Å². The first kappa shape index (κ1) is 14.0. The van der Waals surface area contributed by atoms with Gasteiger partial charge in [-0.3, -0.25) is 4.79 Å². The van der Waals surface area contributed by atoms with Crippen molar-refractivity contribution in [2.45, 2.75) is 25.6 Å². The van der Waals surface area contributed by atoms with Crippen LogP contribution < -0.4 is 16.8 Å². The van der Waals surface area contributed by atoms with E-state index in [0.717, 1.165) is 0 Å². The molecule has 0 radical (unpaired) electrons. The van der Waals surface area contributed by atoms with E-state index in [1.807, 2.05) is 0 Å². The van der Waals surface area contributed by atoms with E-state index < -0.39 is 29.3 Å². The number of anilines is 2. The van der Waals surface area contributed by atoms with Crippen LogP contribution in [0.3, 0.4) is 0 Å². The molecule has 0 aromatic carbocycles. The maximum Gasteiger partial charge on any atom is 0.433 e. The lowest BCUT2D eigenvalue weighted by Crippen LogP contribution is -2.45. The first-order valence-corrected chi connectivity index (χ1v) is 4.82. The van der Waals surface area contributed by atoms with Gasteiger partial charge >= 0.3 is 6.18 Å². The average Bonchev–Trinajstić information content (AvgIpc) is 2.13. The number of hydrogen-bond acceptors (Lipinski definition) is 5. The van der Waals surface area contributed by atoms with Crippen LogP contribution in [-0.4, -0.2) is 21.4 Å². The number of carbonyl (C=O) groups is 1. The lowest BCUT2D eigenvalue weighted by atomic mass is 10.1. The number of hydrogen-bond donors (Lipinski definition) is 3. The summed E-state index contributed by atoms with van der Waals surface area (Å²) in [6.45, 7) is 2.81. The normalized spacial score (nSPS) is 12.3. The zero-order valence-electron chi connectivity index (χ0n) is 9.67. The summed E-state index contributed by atoms with van der Waals surface area (Å²) < 4.78 is 37.4. The molecule has 0 bridgehead atoms. The average molecular weight is 263 g/mol. The quantitative estimate of drug-likeness (QED) is 0.746. The number of nitrogens with two attached hydrogens (primary N) is 2. The zero-order chi connectivity index (χ0) is 14.1. The fraction of sp³-hybridized carbons (Fsp3) is 0.444. The predicted octanol–water partition coefficient (Wildman–Crippen LogP) is 0.753. The Balaban J connectivity index is 3.12. The number of nitrogens with zero attached hydrogens (tertiary/aromatic N) is 2. The van der Waals surface area contributed by atoms with Gasteiger partial charge in [0.2, 0.25) is 11.9 Å². The van der Waals surface area contributed by atoms with Gasteiger partial charge in [-0.1, -0.05) is 0 Å². The van der Waals surface area contributed by atoms with E-state index in [1.54, 1.807) is 0 Å². The second kappa shape index (κ2) is 4.31. The summed E-state index contributed by atoms with van der Waals surface area (Å²) in [7, 11) is 0. The lowest BCUT2D eigenvalue weighted by Gasteiger charge is -2.23. The number of aromatic nitrogens is 2. The van der Waals surface area contributed by atoms with Crippen LogP contribution >= 0.6 is 0 Å². The summed E-state index contributed by atoms with van der Waals surface area (Å²) in [6, 6.07) is 0.654. The number of amides is 1. The minimum Gasteiger partial charge on any atom is -0.368 e. The van der Waals surface area contributed by atoms with Gasteiger partial charge in [-0.2, -0.15) is 18.2 Å². The van der Waals surface area contributed by atoms with E-state index in [2.05, 4.69) is 15.3 Å². The predicted molar refractivity (Wildman–Crippen MR) is 58.3 cm³/mol. The Bertz CT molecular complexity index is 472. The highest BCUT2D eigenvalue weighted by Gasteiger charge is 2.34. The van der Waals surface area contributed by atoms with Crippen molar-refractivity contribution in [3.63, 3.8) is 0 Å². The number of alkyl halides is 3. The molecular weight excluding hydrogens is 251 g/mol. The summed E-state index contributed by atoms with van der Waals surface area (Å²) in [5.74, 6) is -1.51. The Morgan fingerprint density at radius 1 is 1.33 bits per heavy atom. The highest BCUT2D eigenvalue weighted by molar-refractivity contribution is 5.86. The van der Waals surface area contributed by atoms with Crippen molar-refractivity contribution in [1.82, 2.24) is 9.97 Å². The maximum atomic E-state index is 12.5. The van der Waals surface area contributed by atoms with Gasteiger partial charge in [0.05, 0.1) is 0 Å². The molecule has 1 aromatic heterocycles. The molecule has 6 nitrogen and oxygen atoms in total. The zero-order valence-corrected chi connectivity index (χ0v) is 9.67. The van der Waals surface area contributed by atoms with Crippen molar-refractivity contribution in [1.29, 1.82) is 0 Å². The summed E-state index contributed by atoms with van der Waals surface area (Å²) in [5.41, 5.74) is 7.80. The first-order valence-electron chi connectivity index (χ1n) is 4.82. The van der Waals surface area contributed by atoms with Crippen molar-refractivity contribution >= 4 is 17.7 Å². The minimum absolute atomic E-state index is 0.223. The van der Waals surface area contributed by atoms with Crippen molar-refractivity contribution in [3.8, 4) is 0 Å². The first-order chi connectivity index (χ1) is 8.02. The molecule has 0 atom stereocenters. The van der Waals surface area contributed by atoms with Crippen LogP contribution in [0.5, 0.6) is 0 Å². The van der Waals surface area contributed by atoms with Gasteiger partial charge in [-0.05, 0) is 13.8 Å². The Hall–Kier alpha value is -2.06. The summed E-state index contributed by atoms with van der Waals surface area (Å²) in [6.07, 6.45) is -4.65. The molecule has 0 fully saturated rings. The van der Waals surface area contributed by atoms with E-state index in [0.29, 0.717) is 6.07 Å². The van der Waals surface area contributed by atoms with Crippen LogP contribution in [0.15, 0.2) is 6.07 Å². The molecule has 0 aliphatic heterocycles. The van der Waals surface area contributed by atoms with Crippen molar-refractivity contribution < 1.29 is 18.0 Å². The van der Waals surface area contributed by atoms with Gasteiger partial charge < -0.3 is 16.8 Å². The maximum absolute atomic E-state index is 12.5. The molecule has 18 heavy (non-hydrogen) atoms. The lowest BCUT2D eigenvalue weighted by molar-refractivity contribution is -0.141. The van der Waals surface area contributed by atoms with Crippen molar-refractivity contribution in [2.75, 3.05) is 11.1 Å². The van der Waals surface area contributed by atoms with Gasteiger partial charge in [0, 0.05) is 6.07 Å². The number of carbonyl (C=O) groups excluding carboxylic acids is 1. The summed E-state index contributed by atoms with van der Waals surface area (Å²) in [4.78, 5) is 17.7. The molecule has 1 aromatic rings. The topological polar surface area (TPSA) is 107 Å². The molecule has 5 N–H and O–H groups in total. The molecule has 9 heteroatoms. The van der Waals surface area contributed by atoms with E-state index in [-0.39, 0.29) is 5.82 Å². The Kier molecular flexibility index (Phi) is 3.36. The number of nitrogens with one attached hydrogen (secondary N) is 1. The molecule has 0 aliphatic carbocycles. The van der Waals surface area contributed by atoms with Crippen molar-refractivity contribution in [3.05, 3.63) is 11.8 Å². The van der Waals surface area contributed by atoms with Crippen LogP contribution in [0.25, 0.3) is 0 Å².